The van der Waals surface area contributed by atoms with E-state index in [1.165, 1.54) is 15.9 Å². The molecule has 0 radical (unpaired) electrons. The third-order valence-corrected chi connectivity index (χ3v) is 4.78. The zero-order chi connectivity index (χ0) is 14.9. The summed E-state index contributed by atoms with van der Waals surface area (Å²) in [7, 11) is 0. The lowest BCUT2D eigenvalue weighted by molar-refractivity contribution is 0.612. The van der Waals surface area contributed by atoms with Gasteiger partial charge in [0.1, 0.15) is 0 Å². The smallest absolute Gasteiger partial charge is 0.266 e. The summed E-state index contributed by atoms with van der Waals surface area (Å²) in [6.07, 6.45) is 13.1. The molecule has 0 spiro atoms. The number of rotatable bonds is 2. The molecule has 3 heterocycles. The van der Waals surface area contributed by atoms with Crippen LogP contribution in [0.4, 0.5) is 0 Å². The molecule has 5 nitrogen and oxygen atoms in total. The Kier molecular flexibility index (Phi) is 3.31. The molecule has 0 amide bonds. The van der Waals surface area contributed by atoms with Gasteiger partial charge in [0.15, 0.2) is 5.82 Å². The Morgan fingerprint density at radius 3 is 3.05 bits per heavy atom. The van der Waals surface area contributed by atoms with Crippen LogP contribution < -0.4 is 10.1 Å². The van der Waals surface area contributed by atoms with Crippen molar-refractivity contribution in [1.82, 2.24) is 19.6 Å². The van der Waals surface area contributed by atoms with Crippen LogP contribution in [0.1, 0.15) is 19.3 Å². The van der Waals surface area contributed by atoms with Crippen molar-refractivity contribution in [1.29, 1.82) is 0 Å². The Morgan fingerprint density at radius 2 is 2.32 bits per heavy atom. The Bertz CT molecular complexity index is 942. The highest BCUT2D eigenvalue weighted by Crippen LogP contribution is 2.19. The van der Waals surface area contributed by atoms with E-state index in [0.29, 0.717) is 16.7 Å². The van der Waals surface area contributed by atoms with Crippen LogP contribution >= 0.6 is 11.3 Å². The van der Waals surface area contributed by atoms with Gasteiger partial charge in [-0.1, -0.05) is 29.6 Å². The van der Waals surface area contributed by atoms with Crippen molar-refractivity contribution in [2.75, 3.05) is 0 Å². The summed E-state index contributed by atoms with van der Waals surface area (Å²) in [5, 5.41) is 4.33. The zero-order valence-electron chi connectivity index (χ0n) is 11.8. The quantitative estimate of drug-likeness (QED) is 0.680. The molecule has 0 N–H and O–H groups in total. The van der Waals surface area contributed by atoms with Crippen molar-refractivity contribution in [3.05, 3.63) is 51.6 Å². The van der Waals surface area contributed by atoms with Crippen molar-refractivity contribution < 1.29 is 0 Å². The second kappa shape index (κ2) is 5.46. The lowest BCUT2D eigenvalue weighted by atomic mass is 9.94. The molecule has 3 aromatic rings. The number of aromatic nitrogens is 4. The fraction of sp³-hybridized carbons (Fsp3) is 0.250. The SMILES string of the molecule is O=c1/c(=C/C2CC=CCC2)sc2nc(-c3cccnc3)nn12. The Labute approximate surface area is 130 Å². The number of thiazole rings is 1. The molecule has 22 heavy (non-hydrogen) atoms. The average Bonchev–Trinajstić information content (AvgIpc) is 3.10. The highest BCUT2D eigenvalue weighted by molar-refractivity contribution is 7.15. The zero-order valence-corrected chi connectivity index (χ0v) is 12.7. The van der Waals surface area contributed by atoms with Gasteiger partial charge in [-0.25, -0.2) is 0 Å². The maximum Gasteiger partial charge on any atom is 0.290 e. The van der Waals surface area contributed by atoms with Crippen LogP contribution in [-0.2, 0) is 0 Å². The normalized spacial score (nSPS) is 19.1. The number of fused-ring (bicyclic) bond motifs is 1. The molecular weight excluding hydrogens is 296 g/mol. The molecule has 1 atom stereocenters. The van der Waals surface area contributed by atoms with Crippen molar-refractivity contribution in [2.24, 2.45) is 5.92 Å². The molecular formula is C16H14N4OS. The van der Waals surface area contributed by atoms with Crippen LogP contribution in [0.25, 0.3) is 22.4 Å². The largest absolute Gasteiger partial charge is 0.290 e. The highest BCUT2D eigenvalue weighted by atomic mass is 32.1. The van der Waals surface area contributed by atoms with Crippen molar-refractivity contribution in [3.63, 3.8) is 0 Å². The average molecular weight is 310 g/mol. The summed E-state index contributed by atoms with van der Waals surface area (Å²) in [6, 6.07) is 3.72. The highest BCUT2D eigenvalue weighted by Gasteiger charge is 2.13. The van der Waals surface area contributed by atoms with Crippen LogP contribution in [0, 0.1) is 5.92 Å². The van der Waals surface area contributed by atoms with Crippen molar-refractivity contribution in [2.45, 2.75) is 19.3 Å². The lowest BCUT2D eigenvalue weighted by Gasteiger charge is -2.11. The predicted molar refractivity (Wildman–Crippen MR) is 86.5 cm³/mol. The molecule has 0 saturated heterocycles. The molecule has 0 bridgehead atoms. The molecule has 3 aromatic heterocycles. The van der Waals surface area contributed by atoms with Gasteiger partial charge in [0.05, 0.1) is 4.53 Å². The van der Waals surface area contributed by atoms with E-state index < -0.39 is 0 Å². The van der Waals surface area contributed by atoms with Gasteiger partial charge in [0, 0.05) is 18.0 Å². The maximum absolute atomic E-state index is 12.5. The van der Waals surface area contributed by atoms with Gasteiger partial charge in [-0.2, -0.15) is 9.50 Å². The van der Waals surface area contributed by atoms with Gasteiger partial charge in [-0.15, -0.1) is 5.10 Å². The van der Waals surface area contributed by atoms with Crippen molar-refractivity contribution in [3.8, 4) is 11.4 Å². The second-order valence-electron chi connectivity index (χ2n) is 5.35. The van der Waals surface area contributed by atoms with Gasteiger partial charge in [0.25, 0.3) is 5.56 Å². The van der Waals surface area contributed by atoms with Gasteiger partial charge in [-0.05, 0) is 37.3 Å². The van der Waals surface area contributed by atoms with E-state index in [2.05, 4.69) is 33.3 Å². The molecule has 1 unspecified atom stereocenters. The Morgan fingerprint density at radius 1 is 1.36 bits per heavy atom. The molecule has 0 aromatic carbocycles. The summed E-state index contributed by atoms with van der Waals surface area (Å²) >= 11 is 1.41. The van der Waals surface area contributed by atoms with E-state index in [0.717, 1.165) is 29.4 Å². The molecule has 0 saturated carbocycles. The molecule has 110 valence electrons. The minimum absolute atomic E-state index is 0.0720. The summed E-state index contributed by atoms with van der Waals surface area (Å²) < 4.78 is 2.14. The van der Waals surface area contributed by atoms with Gasteiger partial charge in [0.2, 0.25) is 4.96 Å². The third kappa shape index (κ3) is 2.35. The van der Waals surface area contributed by atoms with Gasteiger partial charge < -0.3 is 0 Å². The van der Waals surface area contributed by atoms with Crippen LogP contribution in [0.2, 0.25) is 0 Å². The van der Waals surface area contributed by atoms with E-state index in [1.807, 2.05) is 12.1 Å². The summed E-state index contributed by atoms with van der Waals surface area (Å²) in [4.78, 5) is 21.6. The molecule has 0 fully saturated rings. The van der Waals surface area contributed by atoms with Crippen LogP contribution in [-0.4, -0.2) is 19.6 Å². The summed E-state index contributed by atoms with van der Waals surface area (Å²) in [6.45, 7) is 0. The first kappa shape index (κ1) is 13.3. The first-order valence-corrected chi connectivity index (χ1v) is 8.10. The van der Waals surface area contributed by atoms with E-state index in [1.54, 1.807) is 12.4 Å². The Balaban J connectivity index is 1.76. The van der Waals surface area contributed by atoms with Gasteiger partial charge in [-0.3, -0.25) is 9.78 Å². The fourth-order valence-electron chi connectivity index (χ4n) is 2.65. The standard InChI is InChI=1S/C16H14N4OS/c21-15-13(9-11-5-2-1-3-6-11)22-16-18-14(19-20(15)16)12-7-4-8-17-10-12/h1-2,4,7-11H,3,5-6H2/b13-9-. The van der Waals surface area contributed by atoms with E-state index in [4.69, 9.17) is 0 Å². The molecule has 0 aliphatic heterocycles. The second-order valence-corrected chi connectivity index (χ2v) is 6.36. The number of allylic oxidation sites excluding steroid dienone is 2. The number of pyridine rings is 1. The molecule has 6 heteroatoms. The predicted octanol–water partition coefficient (Wildman–Crippen LogP) is 2.07. The summed E-state index contributed by atoms with van der Waals surface area (Å²) in [5.74, 6) is 0.988. The molecule has 1 aliphatic rings. The number of hydrogen-bond acceptors (Lipinski definition) is 5. The summed E-state index contributed by atoms with van der Waals surface area (Å²) in [5.41, 5.74) is 0.748. The minimum Gasteiger partial charge on any atom is -0.266 e. The Hall–Kier alpha value is -2.34. The monoisotopic (exact) mass is 310 g/mol. The number of nitrogens with zero attached hydrogens (tertiary/aromatic N) is 4. The van der Waals surface area contributed by atoms with Crippen LogP contribution in [0.3, 0.4) is 0 Å². The van der Waals surface area contributed by atoms with Crippen LogP contribution in [0.5, 0.6) is 0 Å². The van der Waals surface area contributed by atoms with Crippen molar-refractivity contribution >= 4 is 22.4 Å². The maximum atomic E-state index is 12.5. The number of hydrogen-bond donors (Lipinski definition) is 0. The van der Waals surface area contributed by atoms with Gasteiger partial charge >= 0.3 is 0 Å². The lowest BCUT2D eigenvalue weighted by Crippen LogP contribution is -2.25. The van der Waals surface area contributed by atoms with E-state index in [9.17, 15) is 4.79 Å². The molecule has 1 aliphatic carbocycles. The fourth-order valence-corrected chi connectivity index (χ4v) is 3.62. The minimum atomic E-state index is -0.0720. The van der Waals surface area contributed by atoms with Crippen LogP contribution in [0.15, 0.2) is 41.5 Å². The van der Waals surface area contributed by atoms with E-state index in [-0.39, 0.29) is 5.56 Å². The molecule has 4 rings (SSSR count). The topological polar surface area (TPSA) is 60.2 Å². The first-order chi connectivity index (χ1) is 10.8. The first-order valence-electron chi connectivity index (χ1n) is 7.28. The third-order valence-electron chi connectivity index (χ3n) is 3.80. The van der Waals surface area contributed by atoms with E-state index >= 15 is 0 Å².